The zero-order valence-electron chi connectivity index (χ0n) is 20.3. The highest BCUT2D eigenvalue weighted by molar-refractivity contribution is 6.00. The van der Waals surface area contributed by atoms with Crippen LogP contribution in [0.15, 0.2) is 42.5 Å². The van der Waals surface area contributed by atoms with Crippen molar-refractivity contribution < 1.29 is 4.74 Å². The fourth-order valence-electron chi connectivity index (χ4n) is 5.08. The minimum absolute atomic E-state index is 0.467. The number of rotatable bonds is 2. The van der Waals surface area contributed by atoms with Crippen molar-refractivity contribution in [3.8, 4) is 11.4 Å². The molecule has 0 radical (unpaired) electrons. The quantitative estimate of drug-likeness (QED) is 0.394. The average Bonchev–Trinajstić information content (AvgIpc) is 3.44. The Morgan fingerprint density at radius 3 is 2.63 bits per heavy atom. The summed E-state index contributed by atoms with van der Waals surface area (Å²) < 4.78 is 8.55. The standard InChI is InChI=1S/C27H25N7O/c1-14-11-20(34-18(5)29-25-15(2)10-16(3)28-27(25)34)12-22-23(14)24(17(4)26-30-32-33-31-26)21-9-7-6-8-19(21)13-35-22/h6-12H,13H2,1-5H3,(H,30,31,32,33)/b24-17-. The third-order valence-corrected chi connectivity index (χ3v) is 6.62. The third kappa shape index (κ3) is 3.32. The Balaban J connectivity index is 1.63. The van der Waals surface area contributed by atoms with Gasteiger partial charge in [0.1, 0.15) is 23.7 Å². The van der Waals surface area contributed by atoms with Crippen LogP contribution in [0.25, 0.3) is 28.0 Å². The van der Waals surface area contributed by atoms with Gasteiger partial charge in [-0.2, -0.15) is 5.21 Å². The van der Waals surface area contributed by atoms with E-state index in [1.807, 2.05) is 32.9 Å². The van der Waals surface area contributed by atoms with Crippen molar-refractivity contribution in [2.45, 2.75) is 41.2 Å². The molecule has 5 aromatic rings. The summed E-state index contributed by atoms with van der Waals surface area (Å²) in [6.07, 6.45) is 0. The number of hydrogen-bond donors (Lipinski definition) is 1. The lowest BCUT2D eigenvalue weighted by molar-refractivity contribution is 0.307. The van der Waals surface area contributed by atoms with Crippen LogP contribution in [0, 0.1) is 27.7 Å². The number of tetrazole rings is 1. The molecule has 1 aliphatic heterocycles. The van der Waals surface area contributed by atoms with E-state index < -0.39 is 0 Å². The molecule has 0 fully saturated rings. The van der Waals surface area contributed by atoms with Gasteiger partial charge in [0.25, 0.3) is 0 Å². The number of nitrogens with one attached hydrogen (secondary N) is 1. The largest absolute Gasteiger partial charge is 0.488 e. The first-order valence-corrected chi connectivity index (χ1v) is 11.6. The van der Waals surface area contributed by atoms with Crippen molar-refractivity contribution >= 4 is 22.3 Å². The molecule has 8 nitrogen and oxygen atoms in total. The second kappa shape index (κ2) is 7.87. The topological polar surface area (TPSA) is 94.4 Å². The van der Waals surface area contributed by atoms with Crippen LogP contribution in [0.2, 0.25) is 0 Å². The second-order valence-electron chi connectivity index (χ2n) is 9.06. The third-order valence-electron chi connectivity index (χ3n) is 6.62. The smallest absolute Gasteiger partial charge is 0.201 e. The summed E-state index contributed by atoms with van der Waals surface area (Å²) in [6.45, 7) is 10.7. The highest BCUT2D eigenvalue weighted by atomic mass is 16.5. The normalized spacial score (nSPS) is 14.3. The molecule has 0 saturated carbocycles. The number of benzene rings is 2. The van der Waals surface area contributed by atoms with Crippen LogP contribution in [0.3, 0.4) is 0 Å². The number of hydrogen-bond acceptors (Lipinski definition) is 6. The lowest BCUT2D eigenvalue weighted by Gasteiger charge is -2.18. The number of fused-ring (bicyclic) bond motifs is 3. The van der Waals surface area contributed by atoms with Gasteiger partial charge in [0.15, 0.2) is 5.65 Å². The molecule has 0 amide bonds. The van der Waals surface area contributed by atoms with Crippen LogP contribution in [0.1, 0.15) is 52.1 Å². The van der Waals surface area contributed by atoms with E-state index in [1.165, 1.54) is 0 Å². The van der Waals surface area contributed by atoms with Gasteiger partial charge in [-0.15, -0.1) is 10.2 Å². The van der Waals surface area contributed by atoms with E-state index in [-0.39, 0.29) is 0 Å². The Morgan fingerprint density at radius 2 is 1.83 bits per heavy atom. The number of allylic oxidation sites excluding steroid dienone is 1. The minimum Gasteiger partial charge on any atom is -0.488 e. The SMILES string of the molecule is C/C(=C1\c2ccccc2COc2cc(-n3c(C)nc4c(C)cc(C)nc43)cc(C)c21)c1nn[nH]n1. The highest BCUT2D eigenvalue weighted by Gasteiger charge is 2.26. The molecule has 2 aromatic carbocycles. The van der Waals surface area contributed by atoms with Gasteiger partial charge >= 0.3 is 0 Å². The summed E-state index contributed by atoms with van der Waals surface area (Å²) in [5.74, 6) is 2.26. The molecule has 1 aliphatic rings. The summed E-state index contributed by atoms with van der Waals surface area (Å²) in [7, 11) is 0. The molecule has 0 saturated heterocycles. The van der Waals surface area contributed by atoms with Gasteiger partial charge in [-0.25, -0.2) is 9.97 Å². The van der Waals surface area contributed by atoms with Crippen molar-refractivity contribution in [2.24, 2.45) is 0 Å². The molecule has 6 rings (SSSR count). The van der Waals surface area contributed by atoms with Crippen LogP contribution in [0.5, 0.6) is 5.75 Å². The molecule has 0 aliphatic carbocycles. The number of aryl methyl sites for hydroxylation is 4. The van der Waals surface area contributed by atoms with Crippen molar-refractivity contribution in [2.75, 3.05) is 0 Å². The van der Waals surface area contributed by atoms with Crippen LogP contribution in [0.4, 0.5) is 0 Å². The number of nitrogens with zero attached hydrogens (tertiary/aromatic N) is 6. The van der Waals surface area contributed by atoms with E-state index in [1.54, 1.807) is 0 Å². The lowest BCUT2D eigenvalue weighted by atomic mass is 9.88. The minimum atomic E-state index is 0.467. The number of aromatic amines is 1. The zero-order chi connectivity index (χ0) is 24.3. The first kappa shape index (κ1) is 21.2. The molecule has 1 N–H and O–H groups in total. The molecule has 8 heteroatoms. The van der Waals surface area contributed by atoms with Crippen LogP contribution in [-0.2, 0) is 6.61 Å². The van der Waals surface area contributed by atoms with E-state index in [4.69, 9.17) is 14.7 Å². The number of H-pyrrole nitrogens is 1. The van der Waals surface area contributed by atoms with Crippen LogP contribution < -0.4 is 4.74 Å². The molecular formula is C27H25N7O. The zero-order valence-corrected chi connectivity index (χ0v) is 20.3. The van der Waals surface area contributed by atoms with Crippen molar-refractivity contribution in [1.29, 1.82) is 0 Å². The van der Waals surface area contributed by atoms with E-state index in [9.17, 15) is 0 Å². The highest BCUT2D eigenvalue weighted by Crippen LogP contribution is 2.43. The molecule has 4 heterocycles. The fraction of sp³-hybridized carbons (Fsp3) is 0.222. The van der Waals surface area contributed by atoms with Gasteiger partial charge in [0.2, 0.25) is 5.82 Å². The molecule has 174 valence electrons. The van der Waals surface area contributed by atoms with E-state index in [0.717, 1.165) is 73.1 Å². The second-order valence-corrected chi connectivity index (χ2v) is 9.06. The van der Waals surface area contributed by atoms with Crippen molar-refractivity contribution in [3.05, 3.63) is 87.6 Å². The predicted molar refractivity (Wildman–Crippen MR) is 134 cm³/mol. The van der Waals surface area contributed by atoms with E-state index >= 15 is 0 Å². The van der Waals surface area contributed by atoms with Gasteiger partial charge in [-0.1, -0.05) is 24.3 Å². The number of pyridine rings is 1. The maximum Gasteiger partial charge on any atom is 0.201 e. The molecule has 0 spiro atoms. The average molecular weight is 464 g/mol. The Bertz CT molecular complexity index is 1640. The summed E-state index contributed by atoms with van der Waals surface area (Å²) >= 11 is 0. The Kier molecular flexibility index (Phi) is 4.77. The van der Waals surface area contributed by atoms with Crippen LogP contribution >= 0.6 is 0 Å². The van der Waals surface area contributed by atoms with E-state index in [2.05, 4.69) is 69.4 Å². The Hall–Kier alpha value is -4.33. The molecule has 3 aromatic heterocycles. The summed E-state index contributed by atoms with van der Waals surface area (Å²) in [5.41, 5.74) is 11.2. The van der Waals surface area contributed by atoms with Gasteiger partial charge in [0.05, 0.1) is 5.69 Å². The summed E-state index contributed by atoms with van der Waals surface area (Å²) in [5, 5.41) is 14.9. The number of imidazole rings is 1. The van der Waals surface area contributed by atoms with Gasteiger partial charge < -0.3 is 4.74 Å². The number of ether oxygens (including phenoxy) is 1. The summed E-state index contributed by atoms with van der Waals surface area (Å²) in [4.78, 5) is 9.65. The monoisotopic (exact) mass is 463 g/mol. The summed E-state index contributed by atoms with van der Waals surface area (Å²) in [6, 6.07) is 14.6. The van der Waals surface area contributed by atoms with Gasteiger partial charge in [-0.3, -0.25) is 4.57 Å². The molecule has 0 unspecified atom stereocenters. The Labute approximate surface area is 202 Å². The maximum atomic E-state index is 6.44. The van der Waals surface area contributed by atoms with Crippen molar-refractivity contribution in [3.63, 3.8) is 0 Å². The van der Waals surface area contributed by atoms with Gasteiger partial charge in [-0.05, 0) is 74.2 Å². The first-order chi connectivity index (χ1) is 16.9. The maximum absolute atomic E-state index is 6.44. The number of aromatic nitrogens is 7. The molecule has 35 heavy (non-hydrogen) atoms. The van der Waals surface area contributed by atoms with Crippen LogP contribution in [-0.4, -0.2) is 35.2 Å². The first-order valence-electron chi connectivity index (χ1n) is 11.6. The predicted octanol–water partition coefficient (Wildman–Crippen LogP) is 5.04. The van der Waals surface area contributed by atoms with E-state index in [0.29, 0.717) is 12.4 Å². The Morgan fingerprint density at radius 1 is 1.00 bits per heavy atom. The van der Waals surface area contributed by atoms with Crippen molar-refractivity contribution in [1.82, 2.24) is 35.2 Å². The molecular weight excluding hydrogens is 438 g/mol. The van der Waals surface area contributed by atoms with Gasteiger partial charge in [0, 0.05) is 28.5 Å². The molecule has 0 bridgehead atoms. The lowest BCUT2D eigenvalue weighted by Crippen LogP contribution is -2.03. The fourth-order valence-corrected chi connectivity index (χ4v) is 5.08. The molecule has 0 atom stereocenters.